The second-order valence-corrected chi connectivity index (χ2v) is 2.98. The molecule has 1 rings (SSSR count). The van der Waals surface area contributed by atoms with Gasteiger partial charge in [0, 0.05) is 6.04 Å². The van der Waals surface area contributed by atoms with Gasteiger partial charge in [-0.05, 0) is 17.7 Å². The molecule has 0 heterocycles. The molecule has 0 amide bonds. The second kappa shape index (κ2) is 5.32. The largest absolute Gasteiger partial charge is 0.390 e. The van der Waals surface area contributed by atoms with Crippen molar-refractivity contribution in [3.63, 3.8) is 0 Å². The third-order valence-corrected chi connectivity index (χ3v) is 1.73. The Morgan fingerprint density at radius 2 is 1.87 bits per heavy atom. The summed E-state index contributed by atoms with van der Waals surface area (Å²) in [7, 11) is 0. The first-order valence-corrected chi connectivity index (χ1v) is 3.96. The Hall–Kier alpha value is -0.810. The fourth-order valence-electron chi connectivity index (χ4n) is 1.10. The van der Waals surface area contributed by atoms with Crippen LogP contribution >= 0.6 is 12.4 Å². The Labute approximate surface area is 90.7 Å². The highest BCUT2D eigenvalue weighted by atomic mass is 35.5. The van der Waals surface area contributed by atoms with Crippen LogP contribution < -0.4 is 5.73 Å². The fraction of sp³-hybridized carbons (Fsp3) is 0.333. The zero-order valence-corrected chi connectivity index (χ0v) is 8.41. The topological polar surface area (TPSA) is 26.0 Å². The van der Waals surface area contributed by atoms with E-state index in [0.29, 0.717) is 0 Å². The summed E-state index contributed by atoms with van der Waals surface area (Å²) in [4.78, 5) is 0. The molecule has 0 aliphatic rings. The van der Waals surface area contributed by atoms with E-state index in [-0.39, 0.29) is 18.0 Å². The van der Waals surface area contributed by atoms with E-state index in [1.54, 1.807) is 0 Å². The quantitative estimate of drug-likeness (QED) is 0.793. The molecule has 1 atom stereocenters. The van der Waals surface area contributed by atoms with Crippen molar-refractivity contribution < 1.29 is 17.6 Å². The van der Waals surface area contributed by atoms with Gasteiger partial charge in [-0.25, -0.2) is 4.39 Å². The molecule has 86 valence electrons. The van der Waals surface area contributed by atoms with Gasteiger partial charge < -0.3 is 5.73 Å². The first-order valence-electron chi connectivity index (χ1n) is 3.96. The van der Waals surface area contributed by atoms with Crippen molar-refractivity contribution in [2.45, 2.75) is 18.6 Å². The monoisotopic (exact) mass is 243 g/mol. The first-order chi connectivity index (χ1) is 6.38. The maximum Gasteiger partial charge on any atom is 0.390 e. The Kier molecular flexibility index (Phi) is 5.03. The third-order valence-electron chi connectivity index (χ3n) is 1.73. The first kappa shape index (κ1) is 14.2. The number of hydrogen-bond acceptors (Lipinski definition) is 1. The van der Waals surface area contributed by atoms with E-state index >= 15 is 0 Å². The van der Waals surface area contributed by atoms with Crippen molar-refractivity contribution >= 4 is 12.4 Å². The highest BCUT2D eigenvalue weighted by Crippen LogP contribution is 2.27. The Morgan fingerprint density at radius 3 is 2.33 bits per heavy atom. The summed E-state index contributed by atoms with van der Waals surface area (Å²) < 4.78 is 48.4. The number of hydrogen-bond donors (Lipinski definition) is 1. The van der Waals surface area contributed by atoms with E-state index in [9.17, 15) is 17.6 Å². The molecule has 0 aliphatic heterocycles. The molecule has 0 aliphatic carbocycles. The molecule has 2 N–H and O–H groups in total. The summed E-state index contributed by atoms with van der Waals surface area (Å²) in [6.07, 6.45) is -5.47. The molecule has 0 aromatic heterocycles. The van der Waals surface area contributed by atoms with Crippen LogP contribution in [-0.2, 0) is 0 Å². The summed E-state index contributed by atoms with van der Waals surface area (Å²) in [5, 5.41) is 0. The van der Waals surface area contributed by atoms with Gasteiger partial charge in [0.2, 0.25) is 0 Å². The number of nitrogens with two attached hydrogens (primary N) is 1. The van der Waals surface area contributed by atoms with Crippen LogP contribution in [0.2, 0.25) is 0 Å². The minimum atomic E-state index is -4.33. The van der Waals surface area contributed by atoms with Gasteiger partial charge in [-0.2, -0.15) is 13.2 Å². The molecule has 0 bridgehead atoms. The van der Waals surface area contributed by atoms with E-state index in [2.05, 4.69) is 0 Å². The molecule has 6 heteroatoms. The summed E-state index contributed by atoms with van der Waals surface area (Å²) in [6.45, 7) is 0. The molecular formula is C9H10ClF4N. The van der Waals surface area contributed by atoms with Crippen LogP contribution in [0.4, 0.5) is 17.6 Å². The normalized spacial score (nSPS) is 13.1. The van der Waals surface area contributed by atoms with Crippen LogP contribution in [0, 0.1) is 5.82 Å². The lowest BCUT2D eigenvalue weighted by Crippen LogP contribution is -2.20. The zero-order valence-electron chi connectivity index (χ0n) is 7.59. The average molecular weight is 244 g/mol. The van der Waals surface area contributed by atoms with E-state index < -0.39 is 24.5 Å². The van der Waals surface area contributed by atoms with Gasteiger partial charge in [-0.3, -0.25) is 0 Å². The van der Waals surface area contributed by atoms with E-state index in [4.69, 9.17) is 5.73 Å². The molecule has 1 nitrogen and oxygen atoms in total. The highest BCUT2D eigenvalue weighted by molar-refractivity contribution is 5.85. The Morgan fingerprint density at radius 1 is 1.27 bits per heavy atom. The molecule has 1 aromatic carbocycles. The van der Waals surface area contributed by atoms with Gasteiger partial charge in [0.1, 0.15) is 5.82 Å². The van der Waals surface area contributed by atoms with Crippen LogP contribution in [0.25, 0.3) is 0 Å². The molecule has 0 saturated carbocycles. The fourth-order valence-corrected chi connectivity index (χ4v) is 1.10. The van der Waals surface area contributed by atoms with Crippen LogP contribution in [0.3, 0.4) is 0 Å². The van der Waals surface area contributed by atoms with Crippen LogP contribution in [-0.4, -0.2) is 6.18 Å². The molecule has 0 fully saturated rings. The van der Waals surface area contributed by atoms with Crippen LogP contribution in [0.1, 0.15) is 18.0 Å². The molecule has 0 unspecified atom stereocenters. The lowest BCUT2D eigenvalue weighted by molar-refractivity contribution is -0.138. The van der Waals surface area contributed by atoms with Crippen molar-refractivity contribution in [3.8, 4) is 0 Å². The van der Waals surface area contributed by atoms with Gasteiger partial charge in [0.05, 0.1) is 6.42 Å². The van der Waals surface area contributed by atoms with Gasteiger partial charge >= 0.3 is 6.18 Å². The number of rotatable bonds is 2. The lowest BCUT2D eigenvalue weighted by Gasteiger charge is -2.14. The molecule has 1 aromatic rings. The van der Waals surface area contributed by atoms with Crippen molar-refractivity contribution in [2.75, 3.05) is 0 Å². The van der Waals surface area contributed by atoms with Crippen LogP contribution in [0.15, 0.2) is 24.3 Å². The maximum absolute atomic E-state index is 12.6. The van der Waals surface area contributed by atoms with Crippen molar-refractivity contribution in [1.29, 1.82) is 0 Å². The van der Waals surface area contributed by atoms with Crippen molar-refractivity contribution in [3.05, 3.63) is 35.6 Å². The minimum Gasteiger partial charge on any atom is -0.324 e. The average Bonchev–Trinajstić information content (AvgIpc) is 2.01. The second-order valence-electron chi connectivity index (χ2n) is 2.98. The molecule has 0 saturated heterocycles. The highest BCUT2D eigenvalue weighted by Gasteiger charge is 2.30. The molecule has 15 heavy (non-hydrogen) atoms. The van der Waals surface area contributed by atoms with Gasteiger partial charge in [-0.1, -0.05) is 12.1 Å². The van der Waals surface area contributed by atoms with E-state index in [1.165, 1.54) is 12.1 Å². The zero-order chi connectivity index (χ0) is 10.8. The predicted octanol–water partition coefficient (Wildman–Crippen LogP) is 3.20. The number of benzene rings is 1. The number of halogens is 5. The minimum absolute atomic E-state index is 0. The lowest BCUT2D eigenvalue weighted by atomic mass is 10.0. The van der Waals surface area contributed by atoms with Crippen LogP contribution in [0.5, 0.6) is 0 Å². The Bertz CT molecular complexity index is 313. The van der Waals surface area contributed by atoms with Gasteiger partial charge in [0.25, 0.3) is 0 Å². The van der Waals surface area contributed by atoms with Crippen molar-refractivity contribution in [1.82, 2.24) is 0 Å². The third kappa shape index (κ3) is 4.99. The molecule has 0 spiro atoms. The SMILES string of the molecule is Cl.N[C@H](CC(F)(F)F)c1cccc(F)c1. The van der Waals surface area contributed by atoms with E-state index in [0.717, 1.165) is 12.1 Å². The predicted molar refractivity (Wildman–Crippen MR) is 51.2 cm³/mol. The Balaban J connectivity index is 0.00000196. The summed E-state index contributed by atoms with van der Waals surface area (Å²) in [5.41, 5.74) is 5.42. The van der Waals surface area contributed by atoms with Gasteiger partial charge in [0.15, 0.2) is 0 Å². The number of alkyl halides is 3. The summed E-state index contributed by atoms with van der Waals surface area (Å²) in [5.74, 6) is -0.583. The standard InChI is InChI=1S/C9H9F4N.ClH/c10-7-3-1-2-6(4-7)8(14)5-9(11,12)13;/h1-4,8H,5,14H2;1H/t8-;/m1./s1. The summed E-state index contributed by atoms with van der Waals surface area (Å²) >= 11 is 0. The summed E-state index contributed by atoms with van der Waals surface area (Å²) in [6, 6.07) is 3.67. The van der Waals surface area contributed by atoms with E-state index in [1.807, 2.05) is 0 Å². The molecular weight excluding hydrogens is 234 g/mol. The van der Waals surface area contributed by atoms with Gasteiger partial charge in [-0.15, -0.1) is 12.4 Å². The maximum atomic E-state index is 12.6. The molecule has 0 radical (unpaired) electrons. The van der Waals surface area contributed by atoms with Crippen molar-refractivity contribution in [2.24, 2.45) is 5.73 Å². The smallest absolute Gasteiger partial charge is 0.324 e.